The lowest BCUT2D eigenvalue weighted by Crippen LogP contribution is -2.34. The van der Waals surface area contributed by atoms with Crippen molar-refractivity contribution < 1.29 is 14.3 Å². The highest BCUT2D eigenvalue weighted by Crippen LogP contribution is 2.59. The zero-order valence-electron chi connectivity index (χ0n) is 13.8. The maximum Gasteiger partial charge on any atom is 0.339 e. The lowest BCUT2D eigenvalue weighted by molar-refractivity contribution is -0.145. The number of halogens is 2. The maximum atomic E-state index is 12.7. The minimum atomic E-state index is -1.11. The summed E-state index contributed by atoms with van der Waals surface area (Å²) in [4.78, 5) is 13.9. The fourth-order valence-corrected chi connectivity index (χ4v) is 4.67. The third kappa shape index (κ3) is 2.35. The van der Waals surface area contributed by atoms with Gasteiger partial charge in [-0.2, -0.15) is 0 Å². The Bertz CT molecular complexity index is 1050. The number of esters is 1. The summed E-state index contributed by atoms with van der Waals surface area (Å²) < 4.78 is 12.2. The summed E-state index contributed by atoms with van der Waals surface area (Å²) in [5, 5.41) is 0.911. The van der Waals surface area contributed by atoms with Crippen LogP contribution in [0.3, 0.4) is 0 Å². The van der Waals surface area contributed by atoms with Crippen molar-refractivity contribution in [1.29, 1.82) is 0 Å². The van der Waals surface area contributed by atoms with Crippen LogP contribution in [-0.4, -0.2) is 5.97 Å². The summed E-state index contributed by atoms with van der Waals surface area (Å²) in [6.07, 6.45) is 5.32. The smallest absolute Gasteiger partial charge is 0.339 e. The van der Waals surface area contributed by atoms with Gasteiger partial charge in [0.25, 0.3) is 0 Å². The molecule has 136 valence electrons. The third-order valence-corrected chi connectivity index (χ3v) is 6.77. The van der Waals surface area contributed by atoms with E-state index in [0.717, 1.165) is 12.0 Å². The van der Waals surface area contributed by atoms with E-state index in [9.17, 15) is 4.79 Å². The fourth-order valence-electron chi connectivity index (χ4n) is 3.98. The molecule has 2 aliphatic heterocycles. The molecule has 2 aromatic rings. The van der Waals surface area contributed by atoms with Crippen molar-refractivity contribution in [1.82, 2.24) is 0 Å². The molecule has 0 atom stereocenters. The normalized spacial score (nSPS) is 18.7. The Morgan fingerprint density at radius 1 is 0.963 bits per heavy atom. The van der Waals surface area contributed by atoms with Gasteiger partial charge in [0.15, 0.2) is 5.60 Å². The number of benzene rings is 2. The lowest BCUT2D eigenvalue weighted by Gasteiger charge is -2.38. The molecule has 3 aliphatic rings. The van der Waals surface area contributed by atoms with Crippen molar-refractivity contribution in [2.24, 2.45) is 0 Å². The number of ether oxygens (including phenoxy) is 2. The van der Waals surface area contributed by atoms with Crippen LogP contribution in [-0.2, 0) is 15.1 Å². The van der Waals surface area contributed by atoms with Gasteiger partial charge in [0.1, 0.15) is 11.5 Å². The van der Waals surface area contributed by atoms with Crippen molar-refractivity contribution in [2.45, 2.75) is 28.2 Å². The predicted molar refractivity (Wildman–Crippen MR) is 110 cm³/mol. The molecule has 27 heavy (non-hydrogen) atoms. The Labute approximate surface area is 176 Å². The van der Waals surface area contributed by atoms with Gasteiger partial charge in [0.05, 0.1) is 15.6 Å². The van der Waals surface area contributed by atoms with Gasteiger partial charge in [-0.1, -0.05) is 35.4 Å². The molecule has 0 aromatic heterocycles. The first-order chi connectivity index (χ1) is 12.9. The second-order valence-electron chi connectivity index (χ2n) is 6.61. The molecular formula is C20H12Cl2O3S2. The van der Waals surface area contributed by atoms with Gasteiger partial charge >= 0.3 is 5.97 Å². The Morgan fingerprint density at radius 3 is 2.15 bits per heavy atom. The second kappa shape index (κ2) is 5.98. The van der Waals surface area contributed by atoms with Crippen molar-refractivity contribution in [3.05, 3.63) is 68.7 Å². The number of rotatable bonds is 0. The topological polar surface area (TPSA) is 35.5 Å². The summed E-state index contributed by atoms with van der Waals surface area (Å²) >= 11 is 21.5. The largest absolute Gasteiger partial charge is 0.456 e. The van der Waals surface area contributed by atoms with Crippen LogP contribution in [0.15, 0.2) is 57.4 Å². The highest BCUT2D eigenvalue weighted by atomic mass is 35.5. The summed E-state index contributed by atoms with van der Waals surface area (Å²) in [7, 11) is 0. The number of carbonyl (C=O) groups is 1. The molecule has 7 heteroatoms. The molecule has 2 aromatic carbocycles. The Hall–Kier alpha value is -1.53. The molecule has 2 heterocycles. The van der Waals surface area contributed by atoms with E-state index in [1.165, 1.54) is 0 Å². The first-order valence-corrected chi connectivity index (χ1v) is 9.94. The fraction of sp³-hybridized carbons (Fsp3) is 0.150. The van der Waals surface area contributed by atoms with Gasteiger partial charge in [-0.05, 0) is 42.7 Å². The molecule has 5 rings (SSSR count). The van der Waals surface area contributed by atoms with Crippen LogP contribution in [0.4, 0.5) is 0 Å². The average molecular weight is 435 g/mol. The molecule has 0 saturated heterocycles. The third-order valence-electron chi connectivity index (χ3n) is 5.14. The van der Waals surface area contributed by atoms with Gasteiger partial charge in [-0.25, -0.2) is 4.79 Å². The second-order valence-corrected chi connectivity index (χ2v) is 8.38. The molecule has 0 unspecified atom stereocenters. The van der Waals surface area contributed by atoms with Gasteiger partial charge in [-0.3, -0.25) is 0 Å². The lowest BCUT2D eigenvalue weighted by atomic mass is 9.74. The molecular weight excluding hydrogens is 423 g/mol. The number of hydrogen-bond acceptors (Lipinski definition) is 5. The predicted octanol–water partition coefficient (Wildman–Crippen LogP) is 6.12. The first kappa shape index (κ1) is 17.6. The van der Waals surface area contributed by atoms with E-state index in [1.807, 2.05) is 12.2 Å². The first-order valence-electron chi connectivity index (χ1n) is 8.29. The van der Waals surface area contributed by atoms with Crippen molar-refractivity contribution >= 4 is 54.4 Å². The highest BCUT2D eigenvalue weighted by Gasteiger charge is 2.54. The molecule has 3 nitrogen and oxygen atoms in total. The molecule has 0 fully saturated rings. The van der Waals surface area contributed by atoms with E-state index in [-0.39, 0.29) is 5.97 Å². The van der Waals surface area contributed by atoms with Gasteiger partial charge < -0.3 is 9.47 Å². The van der Waals surface area contributed by atoms with Crippen LogP contribution in [0.1, 0.15) is 24.0 Å². The van der Waals surface area contributed by atoms with E-state index in [1.54, 1.807) is 24.3 Å². The van der Waals surface area contributed by atoms with E-state index in [2.05, 4.69) is 25.3 Å². The summed E-state index contributed by atoms with van der Waals surface area (Å²) in [6, 6.07) is 6.99. The summed E-state index contributed by atoms with van der Waals surface area (Å²) in [6.45, 7) is 0. The van der Waals surface area contributed by atoms with Crippen LogP contribution >= 0.6 is 48.5 Å². The number of allylic oxidation sites excluding steroid dienone is 1. The van der Waals surface area contributed by atoms with Gasteiger partial charge in [0, 0.05) is 20.9 Å². The molecule has 0 N–H and O–H groups in total. The minimum absolute atomic E-state index is 0.364. The van der Waals surface area contributed by atoms with E-state index < -0.39 is 5.60 Å². The number of hydrogen-bond donors (Lipinski definition) is 2. The summed E-state index contributed by atoms with van der Waals surface area (Å²) in [5.74, 6) is 0.725. The van der Waals surface area contributed by atoms with E-state index in [0.29, 0.717) is 54.5 Å². The standard InChI is InChI=1S/C20H12Cl2O3S2/c21-13-5-11-15(7-17(13)26)24-16-8-18(27)14(22)6-12(16)20(11)10-4-2-1-3-9(10)19(23)25-20/h1,3,5-8,26-27H,2,4H2. The van der Waals surface area contributed by atoms with Crippen molar-refractivity contribution in [3.63, 3.8) is 0 Å². The van der Waals surface area contributed by atoms with Gasteiger partial charge in [-0.15, -0.1) is 25.3 Å². The van der Waals surface area contributed by atoms with Crippen molar-refractivity contribution in [2.75, 3.05) is 0 Å². The molecule has 1 aliphatic carbocycles. The van der Waals surface area contributed by atoms with Crippen LogP contribution in [0.25, 0.3) is 0 Å². The Balaban J connectivity index is 1.90. The zero-order valence-corrected chi connectivity index (χ0v) is 17.1. The Kier molecular flexibility index (Phi) is 3.89. The molecule has 1 spiro atoms. The van der Waals surface area contributed by atoms with Crippen LogP contribution in [0.5, 0.6) is 11.5 Å². The summed E-state index contributed by atoms with van der Waals surface area (Å²) in [5.41, 5.74) is 1.71. The molecule has 0 amide bonds. The monoisotopic (exact) mass is 434 g/mol. The maximum absolute atomic E-state index is 12.7. The highest BCUT2D eigenvalue weighted by molar-refractivity contribution is 7.80. The van der Waals surface area contributed by atoms with Crippen molar-refractivity contribution in [3.8, 4) is 11.5 Å². The average Bonchev–Trinajstić information content (AvgIpc) is 2.93. The molecule has 0 saturated carbocycles. The molecule has 0 radical (unpaired) electrons. The quantitative estimate of drug-likeness (QED) is 0.386. The van der Waals surface area contributed by atoms with Crippen LogP contribution in [0.2, 0.25) is 10.0 Å². The Morgan fingerprint density at radius 2 is 1.56 bits per heavy atom. The van der Waals surface area contributed by atoms with E-state index in [4.69, 9.17) is 32.7 Å². The van der Waals surface area contributed by atoms with E-state index >= 15 is 0 Å². The number of carbonyl (C=O) groups excluding carboxylic acids is 1. The zero-order chi connectivity index (χ0) is 18.9. The molecule has 0 bridgehead atoms. The van der Waals surface area contributed by atoms with Gasteiger partial charge in [0.2, 0.25) is 0 Å². The van der Waals surface area contributed by atoms with Crippen LogP contribution < -0.4 is 4.74 Å². The van der Waals surface area contributed by atoms with Crippen LogP contribution in [0, 0.1) is 0 Å². The SMILES string of the molecule is O=C1OC2(C3=C1C=CCC3)c1cc(Cl)c(S)cc1Oc1cc(S)c(Cl)cc12. The minimum Gasteiger partial charge on any atom is -0.456 e. The number of thiol groups is 2. The number of fused-ring (bicyclic) bond motifs is 5.